The molecule has 1 aromatic rings. The maximum atomic E-state index is 12.6. The van der Waals surface area contributed by atoms with E-state index in [-0.39, 0.29) is 24.2 Å². The van der Waals surface area contributed by atoms with Crippen LogP contribution in [0.3, 0.4) is 0 Å². The normalized spacial score (nSPS) is 19.6. The Kier molecular flexibility index (Phi) is 6.05. The van der Waals surface area contributed by atoms with Crippen molar-refractivity contribution in [2.24, 2.45) is 5.92 Å². The molecule has 29 heavy (non-hydrogen) atoms. The van der Waals surface area contributed by atoms with Gasteiger partial charge in [-0.1, -0.05) is 26.0 Å². The molecule has 2 heterocycles. The smallest absolute Gasteiger partial charge is 0.405 e. The summed E-state index contributed by atoms with van der Waals surface area (Å²) in [5.41, 5.74) is 2.09. The summed E-state index contributed by atoms with van der Waals surface area (Å²) in [6, 6.07) is 3.72. The van der Waals surface area contributed by atoms with Crippen molar-refractivity contribution >= 4 is 35.2 Å². The molecule has 2 aliphatic heterocycles. The van der Waals surface area contributed by atoms with Crippen LogP contribution in [0, 0.1) is 5.92 Å². The zero-order chi connectivity index (χ0) is 21.1. The standard InChI is InChI=1S/C20H26N4O5/c1-11(2)9-13(22-20(28)29)18(26)21-14-10-12-5-3-6-15(17(12)23-19(14)27)24-8-4-7-16(24)25/h3,5-6,11,13-14,22H,4,7-10H2,1-2H3,(H,21,26)(H,23,27)(H,28,29)/t13-,14?/m1/s1. The molecule has 0 aliphatic carbocycles. The molecule has 156 valence electrons. The van der Waals surface area contributed by atoms with Crippen LogP contribution in [0.4, 0.5) is 16.2 Å². The first-order valence-electron chi connectivity index (χ1n) is 9.79. The maximum Gasteiger partial charge on any atom is 0.405 e. The van der Waals surface area contributed by atoms with Crippen LogP contribution in [0.2, 0.25) is 0 Å². The molecule has 0 aromatic heterocycles. The lowest BCUT2D eigenvalue weighted by molar-refractivity contribution is -0.128. The van der Waals surface area contributed by atoms with Crippen molar-refractivity contribution in [1.82, 2.24) is 10.6 Å². The van der Waals surface area contributed by atoms with E-state index in [0.717, 1.165) is 12.0 Å². The summed E-state index contributed by atoms with van der Waals surface area (Å²) < 4.78 is 0. The molecule has 1 saturated heterocycles. The van der Waals surface area contributed by atoms with Crippen LogP contribution in [0.15, 0.2) is 18.2 Å². The minimum absolute atomic E-state index is 0.0272. The van der Waals surface area contributed by atoms with E-state index in [0.29, 0.717) is 30.8 Å². The number of amides is 4. The minimum Gasteiger partial charge on any atom is -0.465 e. The average Bonchev–Trinajstić information content (AvgIpc) is 3.06. The molecule has 0 bridgehead atoms. The van der Waals surface area contributed by atoms with Gasteiger partial charge in [0.2, 0.25) is 17.7 Å². The zero-order valence-corrected chi connectivity index (χ0v) is 16.5. The van der Waals surface area contributed by atoms with Crippen molar-refractivity contribution in [1.29, 1.82) is 0 Å². The topological polar surface area (TPSA) is 128 Å². The summed E-state index contributed by atoms with van der Waals surface area (Å²) in [6.45, 7) is 4.38. The largest absolute Gasteiger partial charge is 0.465 e. The monoisotopic (exact) mass is 402 g/mol. The Morgan fingerprint density at radius 3 is 2.69 bits per heavy atom. The van der Waals surface area contributed by atoms with Gasteiger partial charge in [-0.25, -0.2) is 4.79 Å². The van der Waals surface area contributed by atoms with Gasteiger partial charge in [-0.15, -0.1) is 0 Å². The van der Waals surface area contributed by atoms with Gasteiger partial charge in [-0.3, -0.25) is 14.4 Å². The lowest BCUT2D eigenvalue weighted by atomic mass is 9.96. The molecular weight excluding hydrogens is 376 g/mol. The number of para-hydroxylation sites is 1. The van der Waals surface area contributed by atoms with E-state index in [1.807, 2.05) is 26.0 Å². The number of hydrogen-bond donors (Lipinski definition) is 4. The maximum absolute atomic E-state index is 12.6. The first-order chi connectivity index (χ1) is 13.8. The Morgan fingerprint density at radius 2 is 2.07 bits per heavy atom. The molecule has 2 atom stereocenters. The molecular formula is C20H26N4O5. The van der Waals surface area contributed by atoms with Crippen molar-refractivity contribution in [3.8, 4) is 0 Å². The molecule has 4 N–H and O–H groups in total. The van der Waals surface area contributed by atoms with Gasteiger partial charge in [0.1, 0.15) is 12.1 Å². The highest BCUT2D eigenvalue weighted by Gasteiger charge is 2.33. The van der Waals surface area contributed by atoms with Crippen LogP contribution in [0.5, 0.6) is 0 Å². The van der Waals surface area contributed by atoms with Crippen molar-refractivity contribution in [2.75, 3.05) is 16.8 Å². The summed E-state index contributed by atoms with van der Waals surface area (Å²) >= 11 is 0. The lowest BCUT2D eigenvalue weighted by Crippen LogP contribution is -2.54. The molecule has 9 nitrogen and oxygen atoms in total. The fourth-order valence-corrected chi connectivity index (χ4v) is 3.79. The molecule has 1 unspecified atom stereocenters. The van der Waals surface area contributed by atoms with Gasteiger partial charge in [-0.2, -0.15) is 0 Å². The van der Waals surface area contributed by atoms with E-state index in [1.54, 1.807) is 11.0 Å². The van der Waals surface area contributed by atoms with Gasteiger partial charge in [0.25, 0.3) is 0 Å². The number of rotatable bonds is 6. The second-order valence-electron chi connectivity index (χ2n) is 7.85. The van der Waals surface area contributed by atoms with Crippen LogP contribution in [-0.2, 0) is 20.8 Å². The number of nitrogens with one attached hydrogen (secondary N) is 3. The summed E-state index contributed by atoms with van der Waals surface area (Å²) in [4.78, 5) is 50.0. The molecule has 2 aliphatic rings. The number of fused-ring (bicyclic) bond motifs is 1. The molecule has 3 rings (SSSR count). The summed E-state index contributed by atoms with van der Waals surface area (Å²) in [6.07, 6.45) is 0.575. The number of nitrogens with zero attached hydrogens (tertiary/aromatic N) is 1. The highest BCUT2D eigenvalue weighted by atomic mass is 16.4. The molecule has 1 fully saturated rings. The van der Waals surface area contributed by atoms with Crippen LogP contribution < -0.4 is 20.9 Å². The average molecular weight is 402 g/mol. The van der Waals surface area contributed by atoms with Crippen molar-refractivity contribution in [2.45, 2.75) is 51.6 Å². The molecule has 0 saturated carbocycles. The predicted octanol–water partition coefficient (Wildman–Crippen LogP) is 1.48. The first kappa shape index (κ1) is 20.6. The molecule has 0 radical (unpaired) electrons. The molecule has 1 aromatic carbocycles. The lowest BCUT2D eigenvalue weighted by Gasteiger charge is -2.30. The third-order valence-corrected chi connectivity index (χ3v) is 5.12. The number of benzene rings is 1. The fraction of sp³-hybridized carbons (Fsp3) is 0.500. The quantitative estimate of drug-likeness (QED) is 0.573. The third-order valence-electron chi connectivity index (χ3n) is 5.12. The van der Waals surface area contributed by atoms with Gasteiger partial charge in [0, 0.05) is 19.4 Å². The molecule has 0 spiro atoms. The highest BCUT2D eigenvalue weighted by Crippen LogP contribution is 2.35. The number of carbonyl (C=O) groups is 4. The van der Waals surface area contributed by atoms with Gasteiger partial charge in [0.15, 0.2) is 0 Å². The number of anilines is 2. The van der Waals surface area contributed by atoms with Gasteiger partial charge in [-0.05, 0) is 30.4 Å². The van der Waals surface area contributed by atoms with E-state index in [4.69, 9.17) is 5.11 Å². The second kappa shape index (κ2) is 8.50. The number of hydrogen-bond acceptors (Lipinski definition) is 4. The number of carboxylic acid groups (broad SMARTS) is 1. The van der Waals surface area contributed by atoms with Crippen molar-refractivity contribution in [3.63, 3.8) is 0 Å². The van der Waals surface area contributed by atoms with E-state index in [1.165, 1.54) is 0 Å². The Morgan fingerprint density at radius 1 is 1.31 bits per heavy atom. The van der Waals surface area contributed by atoms with Gasteiger partial charge >= 0.3 is 6.09 Å². The zero-order valence-electron chi connectivity index (χ0n) is 16.5. The van der Waals surface area contributed by atoms with Crippen LogP contribution in [-0.4, -0.2) is 47.5 Å². The van der Waals surface area contributed by atoms with Crippen LogP contribution in [0.1, 0.15) is 38.7 Å². The van der Waals surface area contributed by atoms with Crippen LogP contribution in [0.25, 0.3) is 0 Å². The van der Waals surface area contributed by atoms with E-state index in [2.05, 4.69) is 16.0 Å². The third kappa shape index (κ3) is 4.67. The Bertz CT molecular complexity index is 838. The Labute approximate surface area is 168 Å². The fourth-order valence-electron chi connectivity index (χ4n) is 3.79. The van der Waals surface area contributed by atoms with Gasteiger partial charge in [0.05, 0.1) is 11.4 Å². The minimum atomic E-state index is -1.29. The van der Waals surface area contributed by atoms with Crippen molar-refractivity contribution in [3.05, 3.63) is 23.8 Å². The Balaban J connectivity index is 1.76. The number of carbonyl (C=O) groups excluding carboxylic acids is 3. The second-order valence-corrected chi connectivity index (χ2v) is 7.85. The summed E-state index contributed by atoms with van der Waals surface area (Å²) in [5, 5.41) is 16.7. The van der Waals surface area contributed by atoms with Crippen molar-refractivity contribution < 1.29 is 24.3 Å². The Hall–Kier alpha value is -3.10. The first-order valence-corrected chi connectivity index (χ1v) is 9.79. The van der Waals surface area contributed by atoms with E-state index < -0.39 is 24.1 Å². The van der Waals surface area contributed by atoms with E-state index >= 15 is 0 Å². The van der Waals surface area contributed by atoms with E-state index in [9.17, 15) is 19.2 Å². The highest BCUT2D eigenvalue weighted by molar-refractivity contribution is 6.06. The molecule has 9 heteroatoms. The predicted molar refractivity (Wildman–Crippen MR) is 107 cm³/mol. The van der Waals surface area contributed by atoms with Crippen LogP contribution >= 0.6 is 0 Å². The molecule has 4 amide bonds. The SMILES string of the molecule is CC(C)C[C@@H](NC(=O)O)C(=O)NC1Cc2cccc(N3CCCC3=O)c2NC1=O. The summed E-state index contributed by atoms with van der Waals surface area (Å²) in [5.74, 6) is -0.794. The van der Waals surface area contributed by atoms with Gasteiger partial charge < -0.3 is 26.0 Å². The summed E-state index contributed by atoms with van der Waals surface area (Å²) in [7, 11) is 0.